The molecule has 0 aromatic heterocycles. The molecule has 1 atom stereocenters. The zero-order chi connectivity index (χ0) is 18.7. The summed E-state index contributed by atoms with van der Waals surface area (Å²) < 4.78 is 5.35. The van der Waals surface area contributed by atoms with E-state index < -0.39 is 0 Å². The van der Waals surface area contributed by atoms with Gasteiger partial charge < -0.3 is 14.5 Å². The van der Waals surface area contributed by atoms with Crippen molar-refractivity contribution in [3.63, 3.8) is 0 Å². The molecular weight excluding hydrogens is 340 g/mol. The van der Waals surface area contributed by atoms with Gasteiger partial charge in [0.2, 0.25) is 11.8 Å². The van der Waals surface area contributed by atoms with Gasteiger partial charge in [-0.25, -0.2) is 0 Å². The first-order valence-electron chi connectivity index (χ1n) is 10.0. The fourth-order valence-corrected chi connectivity index (χ4v) is 4.55. The fourth-order valence-electron chi connectivity index (χ4n) is 4.55. The summed E-state index contributed by atoms with van der Waals surface area (Å²) in [5.74, 6) is 0.537. The lowest BCUT2D eigenvalue weighted by Gasteiger charge is -2.39. The van der Waals surface area contributed by atoms with Crippen LogP contribution in [0.2, 0.25) is 0 Å². The lowest BCUT2D eigenvalue weighted by Crippen LogP contribution is -2.46. The second-order valence-electron chi connectivity index (χ2n) is 8.15. The molecule has 1 aromatic rings. The first-order valence-corrected chi connectivity index (χ1v) is 10.0. The molecule has 1 spiro atoms. The van der Waals surface area contributed by atoms with Crippen LogP contribution >= 0.6 is 0 Å². The molecule has 3 aliphatic rings. The molecule has 3 aliphatic heterocycles. The van der Waals surface area contributed by atoms with Crippen LogP contribution in [0.1, 0.15) is 31.2 Å². The summed E-state index contributed by atoms with van der Waals surface area (Å²) in [5.41, 5.74) is 1.21. The molecule has 27 heavy (non-hydrogen) atoms. The molecular formula is C22H28N2O3. The van der Waals surface area contributed by atoms with E-state index in [9.17, 15) is 9.59 Å². The molecule has 3 heterocycles. The molecule has 4 rings (SSSR count). The molecule has 0 radical (unpaired) electrons. The number of hydrogen-bond acceptors (Lipinski definition) is 3. The summed E-state index contributed by atoms with van der Waals surface area (Å²) in [4.78, 5) is 29.0. The van der Waals surface area contributed by atoms with Gasteiger partial charge in [-0.2, -0.15) is 0 Å². The smallest absolute Gasteiger partial charge is 0.228 e. The third-order valence-electron chi connectivity index (χ3n) is 6.26. The minimum atomic E-state index is 0.0453. The Labute approximate surface area is 161 Å². The van der Waals surface area contributed by atoms with Crippen molar-refractivity contribution < 1.29 is 14.3 Å². The highest BCUT2D eigenvalue weighted by atomic mass is 16.5. The predicted octanol–water partition coefficient (Wildman–Crippen LogP) is 2.58. The number of ether oxygens (including phenoxy) is 1. The van der Waals surface area contributed by atoms with Crippen LogP contribution in [0.3, 0.4) is 0 Å². The van der Waals surface area contributed by atoms with Gasteiger partial charge in [0, 0.05) is 44.6 Å². The van der Waals surface area contributed by atoms with Crippen LogP contribution in [-0.4, -0.2) is 61.0 Å². The summed E-state index contributed by atoms with van der Waals surface area (Å²) in [6.07, 6.45) is 7.48. The van der Waals surface area contributed by atoms with Crippen molar-refractivity contribution in [2.75, 3.05) is 39.4 Å². The molecule has 5 heteroatoms. The third-order valence-corrected chi connectivity index (χ3v) is 6.26. The Bertz CT molecular complexity index is 702. The standard InChI is InChI=1S/C22H28N2O3/c25-20-15-22(17-24(20)11-4-7-18-5-2-1-3-6-18)9-12-23(13-10-22)21(26)19-8-14-27-16-19/h1-7,19H,8-17H2. The molecule has 3 saturated heterocycles. The molecule has 0 bridgehead atoms. The van der Waals surface area contributed by atoms with Crippen LogP contribution in [0.5, 0.6) is 0 Å². The van der Waals surface area contributed by atoms with E-state index in [2.05, 4.69) is 24.3 Å². The van der Waals surface area contributed by atoms with Gasteiger partial charge in [-0.15, -0.1) is 0 Å². The second kappa shape index (κ2) is 7.85. The molecule has 0 saturated carbocycles. The molecule has 0 N–H and O–H groups in total. The van der Waals surface area contributed by atoms with Crippen molar-refractivity contribution in [3.05, 3.63) is 42.0 Å². The fraction of sp³-hybridized carbons (Fsp3) is 0.545. The van der Waals surface area contributed by atoms with Crippen LogP contribution in [0.4, 0.5) is 0 Å². The molecule has 1 unspecified atom stereocenters. The van der Waals surface area contributed by atoms with Crippen molar-refractivity contribution in [1.29, 1.82) is 0 Å². The van der Waals surface area contributed by atoms with Crippen molar-refractivity contribution in [2.24, 2.45) is 11.3 Å². The lowest BCUT2D eigenvalue weighted by atomic mass is 9.77. The van der Waals surface area contributed by atoms with Gasteiger partial charge in [0.1, 0.15) is 0 Å². The maximum Gasteiger partial charge on any atom is 0.228 e. The van der Waals surface area contributed by atoms with Gasteiger partial charge in [-0.3, -0.25) is 9.59 Å². The summed E-state index contributed by atoms with van der Waals surface area (Å²) in [7, 11) is 0. The van der Waals surface area contributed by atoms with Crippen LogP contribution in [0.25, 0.3) is 6.08 Å². The number of nitrogens with zero attached hydrogens (tertiary/aromatic N) is 2. The predicted molar refractivity (Wildman–Crippen MR) is 104 cm³/mol. The van der Waals surface area contributed by atoms with Gasteiger partial charge in [-0.1, -0.05) is 42.5 Å². The van der Waals surface area contributed by atoms with Crippen molar-refractivity contribution in [3.8, 4) is 0 Å². The van der Waals surface area contributed by atoms with Crippen LogP contribution in [-0.2, 0) is 14.3 Å². The van der Waals surface area contributed by atoms with E-state index in [4.69, 9.17) is 4.74 Å². The van der Waals surface area contributed by atoms with Crippen LogP contribution in [0.15, 0.2) is 36.4 Å². The van der Waals surface area contributed by atoms with Gasteiger partial charge in [0.05, 0.1) is 12.5 Å². The number of rotatable bonds is 4. The normalized spacial score (nSPS) is 25.0. The van der Waals surface area contributed by atoms with E-state index in [1.807, 2.05) is 28.0 Å². The molecule has 5 nitrogen and oxygen atoms in total. The van der Waals surface area contributed by atoms with Crippen molar-refractivity contribution in [1.82, 2.24) is 9.80 Å². The van der Waals surface area contributed by atoms with Crippen LogP contribution < -0.4 is 0 Å². The maximum atomic E-state index is 12.6. The number of hydrogen-bond donors (Lipinski definition) is 0. The van der Waals surface area contributed by atoms with Gasteiger partial charge in [0.25, 0.3) is 0 Å². The summed E-state index contributed by atoms with van der Waals surface area (Å²) in [6.45, 7) is 4.30. The Balaban J connectivity index is 1.30. The Morgan fingerprint density at radius 3 is 2.70 bits per heavy atom. The highest BCUT2D eigenvalue weighted by Crippen LogP contribution is 2.41. The molecule has 0 aliphatic carbocycles. The lowest BCUT2D eigenvalue weighted by molar-refractivity contribution is -0.137. The number of benzene rings is 1. The van der Waals surface area contributed by atoms with E-state index in [1.165, 1.54) is 0 Å². The number of carbonyl (C=O) groups is 2. The number of piperidine rings is 1. The average Bonchev–Trinajstić information content (AvgIpc) is 3.32. The average molecular weight is 368 g/mol. The first-order chi connectivity index (χ1) is 13.2. The molecule has 3 fully saturated rings. The minimum Gasteiger partial charge on any atom is -0.381 e. The number of amides is 2. The zero-order valence-corrected chi connectivity index (χ0v) is 15.8. The Morgan fingerprint density at radius 2 is 2.00 bits per heavy atom. The maximum absolute atomic E-state index is 12.6. The summed E-state index contributed by atoms with van der Waals surface area (Å²) >= 11 is 0. The second-order valence-corrected chi connectivity index (χ2v) is 8.15. The minimum absolute atomic E-state index is 0.0453. The molecule has 1 aromatic carbocycles. The molecule has 2 amide bonds. The topological polar surface area (TPSA) is 49.9 Å². The largest absolute Gasteiger partial charge is 0.381 e. The zero-order valence-electron chi connectivity index (χ0n) is 15.8. The van der Waals surface area contributed by atoms with Crippen LogP contribution in [0, 0.1) is 11.3 Å². The number of carbonyl (C=O) groups excluding carboxylic acids is 2. The van der Waals surface area contributed by atoms with Crippen molar-refractivity contribution >= 4 is 17.9 Å². The van der Waals surface area contributed by atoms with Gasteiger partial charge in [0.15, 0.2) is 0 Å². The van der Waals surface area contributed by atoms with E-state index in [0.29, 0.717) is 26.2 Å². The number of likely N-dealkylation sites (tertiary alicyclic amines) is 2. The molecule has 144 valence electrons. The SMILES string of the molecule is O=C1CC2(CCN(C(=O)C3CCOC3)CC2)CN1CC=Cc1ccccc1. The van der Waals surface area contributed by atoms with Gasteiger partial charge in [-0.05, 0) is 24.8 Å². The quantitative estimate of drug-likeness (QED) is 0.821. The Kier molecular flexibility index (Phi) is 5.30. The van der Waals surface area contributed by atoms with E-state index >= 15 is 0 Å². The third kappa shape index (κ3) is 4.08. The highest BCUT2D eigenvalue weighted by Gasteiger charge is 2.45. The summed E-state index contributed by atoms with van der Waals surface area (Å²) in [6, 6.07) is 10.2. The van der Waals surface area contributed by atoms with E-state index in [0.717, 1.165) is 44.5 Å². The van der Waals surface area contributed by atoms with E-state index in [1.54, 1.807) is 0 Å². The monoisotopic (exact) mass is 368 g/mol. The van der Waals surface area contributed by atoms with Crippen molar-refractivity contribution in [2.45, 2.75) is 25.7 Å². The van der Waals surface area contributed by atoms with E-state index in [-0.39, 0.29) is 23.1 Å². The Morgan fingerprint density at radius 1 is 1.22 bits per heavy atom. The Hall–Kier alpha value is -2.14. The van der Waals surface area contributed by atoms with Gasteiger partial charge >= 0.3 is 0 Å². The highest BCUT2D eigenvalue weighted by molar-refractivity contribution is 5.81. The summed E-state index contributed by atoms with van der Waals surface area (Å²) in [5, 5.41) is 0. The first kappa shape index (κ1) is 18.2.